The highest BCUT2D eigenvalue weighted by Gasteiger charge is 2.22. The normalized spacial score (nSPS) is 12.4. The lowest BCUT2D eigenvalue weighted by molar-refractivity contribution is 0.441. The summed E-state index contributed by atoms with van der Waals surface area (Å²) in [6, 6.07) is 2.86. The molecule has 0 amide bonds. The van der Waals surface area contributed by atoms with Crippen LogP contribution in [0.25, 0.3) is 0 Å². The molecule has 2 heteroatoms. The molecule has 0 radical (unpaired) electrons. The third-order valence-electron chi connectivity index (χ3n) is 2.89. The number of hydrogen-bond acceptors (Lipinski definition) is 2. The van der Waals surface area contributed by atoms with E-state index in [1.807, 2.05) is 11.3 Å². The molecule has 1 aromatic heterocycles. The van der Waals surface area contributed by atoms with Gasteiger partial charge in [0.15, 0.2) is 0 Å². The molecule has 0 spiro atoms. The average Bonchev–Trinajstić information content (AvgIpc) is 2.50. The molecule has 1 aromatic rings. The molecule has 1 N–H and O–H groups in total. The Labute approximate surface area is 97.9 Å². The van der Waals surface area contributed by atoms with Crippen molar-refractivity contribution in [3.63, 3.8) is 0 Å². The number of thiophene rings is 1. The zero-order chi connectivity index (χ0) is 11.5. The van der Waals surface area contributed by atoms with Crippen LogP contribution in [0.4, 0.5) is 0 Å². The van der Waals surface area contributed by atoms with E-state index in [1.165, 1.54) is 16.9 Å². The van der Waals surface area contributed by atoms with Gasteiger partial charge in [-0.05, 0) is 42.3 Å². The van der Waals surface area contributed by atoms with Crippen molar-refractivity contribution < 1.29 is 0 Å². The van der Waals surface area contributed by atoms with E-state index >= 15 is 0 Å². The first kappa shape index (κ1) is 12.7. The molecule has 0 bridgehead atoms. The molecular formula is C13H23NS. The molecular weight excluding hydrogens is 202 g/mol. The van der Waals surface area contributed by atoms with E-state index in [0.29, 0.717) is 11.5 Å². The van der Waals surface area contributed by atoms with E-state index in [9.17, 15) is 0 Å². The molecule has 0 saturated heterocycles. The summed E-state index contributed by atoms with van der Waals surface area (Å²) < 4.78 is 0. The van der Waals surface area contributed by atoms with Crippen LogP contribution in [0.5, 0.6) is 0 Å². The molecule has 86 valence electrons. The Kier molecular flexibility index (Phi) is 4.35. The summed E-state index contributed by atoms with van der Waals surface area (Å²) in [5.74, 6) is 0. The van der Waals surface area contributed by atoms with Crippen molar-refractivity contribution in [2.45, 2.75) is 52.5 Å². The van der Waals surface area contributed by atoms with E-state index in [1.54, 1.807) is 0 Å². The van der Waals surface area contributed by atoms with Crippen molar-refractivity contribution in [3.8, 4) is 0 Å². The average molecular weight is 225 g/mol. The molecule has 1 rings (SSSR count). The maximum atomic E-state index is 3.49. The molecule has 0 saturated carbocycles. The van der Waals surface area contributed by atoms with Gasteiger partial charge in [-0.1, -0.05) is 27.7 Å². The smallest absolute Gasteiger partial charge is 0.00516 e. The zero-order valence-electron chi connectivity index (χ0n) is 10.6. The van der Waals surface area contributed by atoms with Crippen molar-refractivity contribution in [2.75, 3.05) is 6.54 Å². The van der Waals surface area contributed by atoms with Gasteiger partial charge in [0.1, 0.15) is 0 Å². The summed E-state index contributed by atoms with van der Waals surface area (Å²) in [5.41, 5.74) is 1.81. The number of aryl methyl sites for hydroxylation is 1. The van der Waals surface area contributed by atoms with Gasteiger partial charge < -0.3 is 5.32 Å². The van der Waals surface area contributed by atoms with Crippen LogP contribution in [0.15, 0.2) is 11.4 Å². The fraction of sp³-hybridized carbons (Fsp3) is 0.692. The van der Waals surface area contributed by atoms with Crippen LogP contribution in [-0.4, -0.2) is 12.6 Å². The van der Waals surface area contributed by atoms with E-state index in [0.717, 1.165) is 6.54 Å². The molecule has 0 aliphatic rings. The van der Waals surface area contributed by atoms with Crippen LogP contribution in [0.3, 0.4) is 0 Å². The van der Waals surface area contributed by atoms with Crippen molar-refractivity contribution >= 4 is 11.3 Å². The lowest BCUT2D eigenvalue weighted by Gasteiger charge is -2.25. The van der Waals surface area contributed by atoms with E-state index < -0.39 is 0 Å². The second kappa shape index (κ2) is 5.13. The minimum Gasteiger partial charge on any atom is -0.315 e. The molecule has 15 heavy (non-hydrogen) atoms. The van der Waals surface area contributed by atoms with Crippen LogP contribution < -0.4 is 5.32 Å². The highest BCUT2D eigenvalue weighted by Crippen LogP contribution is 2.31. The van der Waals surface area contributed by atoms with Gasteiger partial charge in [-0.15, -0.1) is 11.3 Å². The Balaban J connectivity index is 2.56. The maximum Gasteiger partial charge on any atom is 0.00516 e. The van der Waals surface area contributed by atoms with Crippen LogP contribution in [0.1, 0.15) is 44.6 Å². The number of nitrogens with one attached hydrogen (secondary N) is 1. The van der Waals surface area contributed by atoms with Crippen LogP contribution in [-0.2, 0) is 5.41 Å². The Morgan fingerprint density at radius 1 is 1.40 bits per heavy atom. The first-order chi connectivity index (χ1) is 6.93. The van der Waals surface area contributed by atoms with Gasteiger partial charge in [-0.2, -0.15) is 0 Å². The quantitative estimate of drug-likeness (QED) is 0.805. The summed E-state index contributed by atoms with van der Waals surface area (Å²) >= 11 is 1.85. The van der Waals surface area contributed by atoms with Crippen molar-refractivity contribution in [1.29, 1.82) is 0 Å². The van der Waals surface area contributed by atoms with Crippen LogP contribution in [0, 0.1) is 6.92 Å². The zero-order valence-corrected chi connectivity index (χ0v) is 11.4. The minimum absolute atomic E-state index is 0.298. The van der Waals surface area contributed by atoms with Gasteiger partial charge >= 0.3 is 0 Å². The molecule has 1 heterocycles. The van der Waals surface area contributed by atoms with Gasteiger partial charge in [-0.3, -0.25) is 0 Å². The Bertz CT molecular complexity index is 299. The Morgan fingerprint density at radius 2 is 2.07 bits per heavy atom. The molecule has 0 atom stereocenters. The van der Waals surface area contributed by atoms with Gasteiger partial charge in [0, 0.05) is 10.9 Å². The third kappa shape index (κ3) is 3.62. The van der Waals surface area contributed by atoms with Crippen molar-refractivity contribution in [2.24, 2.45) is 0 Å². The second-order valence-electron chi connectivity index (χ2n) is 5.13. The van der Waals surface area contributed by atoms with Gasteiger partial charge in [0.05, 0.1) is 0 Å². The van der Waals surface area contributed by atoms with Gasteiger partial charge in [-0.25, -0.2) is 0 Å². The van der Waals surface area contributed by atoms with Crippen molar-refractivity contribution in [1.82, 2.24) is 5.32 Å². The van der Waals surface area contributed by atoms with Crippen LogP contribution in [0.2, 0.25) is 0 Å². The maximum absolute atomic E-state index is 3.49. The largest absolute Gasteiger partial charge is 0.315 e. The first-order valence-corrected chi connectivity index (χ1v) is 6.59. The Hall–Kier alpha value is -0.340. The van der Waals surface area contributed by atoms with E-state index in [2.05, 4.69) is 51.4 Å². The molecule has 1 nitrogen and oxygen atoms in total. The monoisotopic (exact) mass is 225 g/mol. The molecule has 0 fully saturated rings. The fourth-order valence-electron chi connectivity index (χ4n) is 1.90. The fourth-order valence-corrected chi connectivity index (χ4v) is 2.77. The second-order valence-corrected chi connectivity index (χ2v) is 6.25. The molecule has 0 aliphatic heterocycles. The highest BCUT2D eigenvalue weighted by molar-refractivity contribution is 7.10. The summed E-state index contributed by atoms with van der Waals surface area (Å²) in [6.07, 6.45) is 1.20. The predicted octanol–water partition coefficient (Wildman–Crippen LogP) is 3.72. The Morgan fingerprint density at radius 3 is 2.53 bits per heavy atom. The SMILES string of the molecule is Cc1sccc1C(C)(C)CCNC(C)C. The number of hydrogen-bond donors (Lipinski definition) is 1. The lowest BCUT2D eigenvalue weighted by Crippen LogP contribution is -2.29. The summed E-state index contributed by atoms with van der Waals surface area (Å²) in [4.78, 5) is 1.46. The highest BCUT2D eigenvalue weighted by atomic mass is 32.1. The summed E-state index contributed by atoms with van der Waals surface area (Å²) in [6.45, 7) is 12.4. The van der Waals surface area contributed by atoms with Crippen molar-refractivity contribution in [3.05, 3.63) is 21.9 Å². The van der Waals surface area contributed by atoms with E-state index in [-0.39, 0.29) is 0 Å². The summed E-state index contributed by atoms with van der Waals surface area (Å²) in [5, 5.41) is 5.68. The minimum atomic E-state index is 0.298. The molecule has 0 aromatic carbocycles. The standard InChI is InChI=1S/C13H23NS/c1-10(2)14-8-7-13(4,5)12-6-9-15-11(12)3/h6,9-10,14H,7-8H2,1-5H3. The topological polar surface area (TPSA) is 12.0 Å². The van der Waals surface area contributed by atoms with E-state index in [4.69, 9.17) is 0 Å². The van der Waals surface area contributed by atoms with Gasteiger partial charge in [0.2, 0.25) is 0 Å². The predicted molar refractivity (Wildman–Crippen MR) is 69.8 cm³/mol. The first-order valence-electron chi connectivity index (χ1n) is 5.71. The third-order valence-corrected chi connectivity index (χ3v) is 3.74. The lowest BCUT2D eigenvalue weighted by atomic mass is 9.82. The molecule has 0 aliphatic carbocycles. The van der Waals surface area contributed by atoms with Crippen LogP contribution >= 0.6 is 11.3 Å². The summed E-state index contributed by atoms with van der Waals surface area (Å²) in [7, 11) is 0. The molecule has 0 unspecified atom stereocenters. The number of rotatable bonds is 5. The van der Waals surface area contributed by atoms with Gasteiger partial charge in [0.25, 0.3) is 0 Å².